The van der Waals surface area contributed by atoms with Gasteiger partial charge in [-0.15, -0.1) is 0 Å². The van der Waals surface area contributed by atoms with Crippen LogP contribution in [0.2, 0.25) is 0 Å². The standard InChI is InChI=1S/C12H25N3O2/c1-11(10-17-2)12(16)14-4-3-7-15-8-5-13-6-9-15/h11,13H,3-10H2,1-2H3,(H,14,16). The number of rotatable bonds is 7. The molecule has 1 rings (SSSR count). The smallest absolute Gasteiger partial charge is 0.225 e. The van der Waals surface area contributed by atoms with Crippen molar-refractivity contribution in [1.82, 2.24) is 15.5 Å². The van der Waals surface area contributed by atoms with Crippen molar-refractivity contribution in [2.24, 2.45) is 5.92 Å². The summed E-state index contributed by atoms with van der Waals surface area (Å²) in [5.41, 5.74) is 0. The fourth-order valence-electron chi connectivity index (χ4n) is 1.95. The van der Waals surface area contributed by atoms with Crippen molar-refractivity contribution < 1.29 is 9.53 Å². The van der Waals surface area contributed by atoms with Crippen LogP contribution in [0, 0.1) is 5.92 Å². The number of carbonyl (C=O) groups is 1. The van der Waals surface area contributed by atoms with Crippen LogP contribution in [-0.2, 0) is 9.53 Å². The second kappa shape index (κ2) is 8.44. The largest absolute Gasteiger partial charge is 0.384 e. The van der Waals surface area contributed by atoms with Crippen LogP contribution < -0.4 is 10.6 Å². The molecule has 0 saturated carbocycles. The Hall–Kier alpha value is -0.650. The quantitative estimate of drug-likeness (QED) is 0.602. The Bertz CT molecular complexity index is 218. The van der Waals surface area contributed by atoms with Crippen LogP contribution in [0.4, 0.5) is 0 Å². The molecule has 1 aliphatic heterocycles. The van der Waals surface area contributed by atoms with E-state index in [1.54, 1.807) is 7.11 Å². The van der Waals surface area contributed by atoms with E-state index in [1.807, 2.05) is 6.92 Å². The Morgan fingerprint density at radius 2 is 2.18 bits per heavy atom. The summed E-state index contributed by atoms with van der Waals surface area (Å²) in [4.78, 5) is 14.0. The van der Waals surface area contributed by atoms with Gasteiger partial charge >= 0.3 is 0 Å². The molecule has 5 heteroatoms. The lowest BCUT2D eigenvalue weighted by atomic mass is 10.2. The highest BCUT2D eigenvalue weighted by Gasteiger charge is 2.12. The van der Waals surface area contributed by atoms with Crippen LogP contribution >= 0.6 is 0 Å². The van der Waals surface area contributed by atoms with E-state index in [0.29, 0.717) is 6.61 Å². The van der Waals surface area contributed by atoms with Gasteiger partial charge in [0.1, 0.15) is 0 Å². The first-order valence-electron chi connectivity index (χ1n) is 6.43. The molecule has 17 heavy (non-hydrogen) atoms. The monoisotopic (exact) mass is 243 g/mol. The third kappa shape index (κ3) is 6.00. The first-order chi connectivity index (χ1) is 8.24. The third-order valence-corrected chi connectivity index (χ3v) is 3.02. The summed E-state index contributed by atoms with van der Waals surface area (Å²) in [5.74, 6) is 0.0337. The Balaban J connectivity index is 2.01. The molecule has 0 spiro atoms. The Morgan fingerprint density at radius 3 is 2.82 bits per heavy atom. The summed E-state index contributed by atoms with van der Waals surface area (Å²) in [6.07, 6.45) is 1.02. The first-order valence-corrected chi connectivity index (χ1v) is 6.43. The van der Waals surface area contributed by atoms with Crippen molar-refractivity contribution in [1.29, 1.82) is 0 Å². The topological polar surface area (TPSA) is 53.6 Å². The van der Waals surface area contributed by atoms with Crippen molar-refractivity contribution in [3.63, 3.8) is 0 Å². The summed E-state index contributed by atoms with van der Waals surface area (Å²) < 4.78 is 4.95. The van der Waals surface area contributed by atoms with Gasteiger partial charge in [-0.25, -0.2) is 0 Å². The average molecular weight is 243 g/mol. The highest BCUT2D eigenvalue weighted by molar-refractivity contribution is 5.78. The molecule has 1 saturated heterocycles. The molecule has 2 N–H and O–H groups in total. The SMILES string of the molecule is COCC(C)C(=O)NCCCN1CCNCC1. The molecule has 1 unspecified atom stereocenters. The molecule has 0 aromatic rings. The Kier molecular flexibility index (Phi) is 7.16. The van der Waals surface area contributed by atoms with Gasteiger partial charge < -0.3 is 20.3 Å². The summed E-state index contributed by atoms with van der Waals surface area (Å²) in [6, 6.07) is 0. The van der Waals surface area contributed by atoms with Crippen LogP contribution in [-0.4, -0.2) is 63.8 Å². The fourth-order valence-corrected chi connectivity index (χ4v) is 1.95. The zero-order chi connectivity index (χ0) is 12.5. The van der Waals surface area contributed by atoms with E-state index in [0.717, 1.165) is 45.7 Å². The zero-order valence-corrected chi connectivity index (χ0v) is 11.0. The zero-order valence-electron chi connectivity index (χ0n) is 11.0. The van der Waals surface area contributed by atoms with Crippen molar-refractivity contribution in [3.05, 3.63) is 0 Å². The van der Waals surface area contributed by atoms with Crippen LogP contribution in [0.3, 0.4) is 0 Å². The lowest BCUT2D eigenvalue weighted by Crippen LogP contribution is -2.44. The number of nitrogens with zero attached hydrogens (tertiary/aromatic N) is 1. The number of hydrogen-bond donors (Lipinski definition) is 2. The van der Waals surface area contributed by atoms with Crippen LogP contribution in [0.25, 0.3) is 0 Å². The second-order valence-electron chi connectivity index (χ2n) is 4.59. The normalized spacial score (nSPS) is 18.9. The van der Waals surface area contributed by atoms with Gasteiger partial charge in [-0.1, -0.05) is 6.92 Å². The molecule has 1 fully saturated rings. The molecule has 0 aromatic carbocycles. The number of amides is 1. The minimum Gasteiger partial charge on any atom is -0.384 e. The summed E-state index contributed by atoms with van der Waals surface area (Å²) >= 11 is 0. The molecule has 1 atom stereocenters. The van der Waals surface area contributed by atoms with Gasteiger partial charge in [0.05, 0.1) is 12.5 Å². The van der Waals surface area contributed by atoms with Gasteiger partial charge in [0.2, 0.25) is 5.91 Å². The molecule has 0 aliphatic carbocycles. The molecule has 0 bridgehead atoms. The third-order valence-electron chi connectivity index (χ3n) is 3.02. The Labute approximate surface area is 104 Å². The highest BCUT2D eigenvalue weighted by Crippen LogP contribution is 1.96. The van der Waals surface area contributed by atoms with Gasteiger partial charge in [-0.05, 0) is 13.0 Å². The maximum atomic E-state index is 11.6. The van der Waals surface area contributed by atoms with E-state index >= 15 is 0 Å². The van der Waals surface area contributed by atoms with Crippen LogP contribution in [0.15, 0.2) is 0 Å². The minimum atomic E-state index is -0.0563. The van der Waals surface area contributed by atoms with Crippen molar-refractivity contribution in [2.45, 2.75) is 13.3 Å². The van der Waals surface area contributed by atoms with E-state index < -0.39 is 0 Å². The van der Waals surface area contributed by atoms with Crippen molar-refractivity contribution in [2.75, 3.05) is 53.0 Å². The Morgan fingerprint density at radius 1 is 1.47 bits per heavy atom. The number of hydrogen-bond acceptors (Lipinski definition) is 4. The van der Waals surface area contributed by atoms with Gasteiger partial charge in [0.15, 0.2) is 0 Å². The second-order valence-corrected chi connectivity index (χ2v) is 4.59. The highest BCUT2D eigenvalue weighted by atomic mass is 16.5. The maximum absolute atomic E-state index is 11.6. The number of ether oxygens (including phenoxy) is 1. The number of carbonyl (C=O) groups excluding carboxylic acids is 1. The summed E-state index contributed by atoms with van der Waals surface area (Å²) in [6.45, 7) is 8.60. The van der Waals surface area contributed by atoms with Crippen LogP contribution in [0.5, 0.6) is 0 Å². The minimum absolute atomic E-state index is 0.0563. The van der Waals surface area contributed by atoms with Gasteiger partial charge in [0, 0.05) is 39.8 Å². The van der Waals surface area contributed by atoms with Gasteiger partial charge in [0.25, 0.3) is 0 Å². The molecular formula is C12H25N3O2. The van der Waals surface area contributed by atoms with E-state index in [-0.39, 0.29) is 11.8 Å². The molecule has 0 aromatic heterocycles. The predicted molar refractivity (Wildman–Crippen MR) is 68.0 cm³/mol. The fraction of sp³-hybridized carbons (Fsp3) is 0.917. The molecule has 5 nitrogen and oxygen atoms in total. The van der Waals surface area contributed by atoms with Crippen molar-refractivity contribution in [3.8, 4) is 0 Å². The van der Waals surface area contributed by atoms with E-state index in [1.165, 1.54) is 0 Å². The molecule has 1 amide bonds. The van der Waals surface area contributed by atoms with E-state index in [2.05, 4.69) is 15.5 Å². The molecule has 100 valence electrons. The predicted octanol–water partition coefficient (Wildman–Crippen LogP) is -0.320. The lowest BCUT2D eigenvalue weighted by molar-refractivity contribution is -0.125. The lowest BCUT2D eigenvalue weighted by Gasteiger charge is -2.27. The average Bonchev–Trinajstić information content (AvgIpc) is 2.36. The van der Waals surface area contributed by atoms with Crippen LogP contribution in [0.1, 0.15) is 13.3 Å². The summed E-state index contributed by atoms with van der Waals surface area (Å²) in [5, 5.41) is 6.27. The number of nitrogens with one attached hydrogen (secondary N) is 2. The number of methoxy groups -OCH3 is 1. The molecule has 0 radical (unpaired) electrons. The van der Waals surface area contributed by atoms with Crippen molar-refractivity contribution >= 4 is 5.91 Å². The number of piperazine rings is 1. The summed E-state index contributed by atoms with van der Waals surface area (Å²) in [7, 11) is 1.62. The maximum Gasteiger partial charge on any atom is 0.225 e. The molecule has 1 aliphatic rings. The van der Waals surface area contributed by atoms with Gasteiger partial charge in [-0.2, -0.15) is 0 Å². The molecular weight excluding hydrogens is 218 g/mol. The van der Waals surface area contributed by atoms with E-state index in [9.17, 15) is 4.79 Å². The van der Waals surface area contributed by atoms with Gasteiger partial charge in [-0.3, -0.25) is 4.79 Å². The van der Waals surface area contributed by atoms with E-state index in [4.69, 9.17) is 4.74 Å². The first kappa shape index (κ1) is 14.4. The molecule has 1 heterocycles.